The molecule has 0 spiro atoms. The minimum Gasteiger partial charge on any atom is -0.465 e. The largest absolute Gasteiger partial charge is 0.465 e. The predicted molar refractivity (Wildman–Crippen MR) is 81.9 cm³/mol. The van der Waals surface area contributed by atoms with Gasteiger partial charge in [0.25, 0.3) is 15.2 Å². The van der Waals surface area contributed by atoms with E-state index >= 15 is 0 Å². The molecule has 1 atom stereocenters. The Bertz CT molecular complexity index is 684. The van der Waals surface area contributed by atoms with E-state index < -0.39 is 10.0 Å². The molecule has 1 saturated heterocycles. The quantitative estimate of drug-likeness (QED) is 0.799. The maximum Gasteiger partial charge on any atom is 0.273 e. The average Bonchev–Trinajstić information content (AvgIpc) is 3.10. The Labute approximate surface area is 133 Å². The van der Waals surface area contributed by atoms with Gasteiger partial charge >= 0.3 is 0 Å². The van der Waals surface area contributed by atoms with Crippen molar-refractivity contribution in [2.24, 2.45) is 0 Å². The Morgan fingerprint density at radius 3 is 2.95 bits per heavy atom. The van der Waals surface area contributed by atoms with Crippen molar-refractivity contribution < 1.29 is 13.2 Å². The SMILES string of the molecule is O=S(=O)(c1ccc(Br)s1)N1CCC(Oc2nccs2)C1. The molecule has 0 bridgehead atoms. The van der Waals surface area contributed by atoms with E-state index in [0.717, 1.165) is 3.79 Å². The highest BCUT2D eigenvalue weighted by Crippen LogP contribution is 2.31. The maximum absolute atomic E-state index is 12.4. The van der Waals surface area contributed by atoms with Crippen LogP contribution in [0.2, 0.25) is 0 Å². The standard InChI is InChI=1S/C11H11BrN2O3S3/c12-9-1-2-10(19-9)20(15,16)14-5-3-8(7-14)17-11-13-4-6-18-11/h1-2,4,6,8H,3,5,7H2. The van der Waals surface area contributed by atoms with E-state index in [9.17, 15) is 8.42 Å². The summed E-state index contributed by atoms with van der Waals surface area (Å²) in [7, 11) is -3.40. The predicted octanol–water partition coefficient (Wildman–Crippen LogP) is 2.81. The fraction of sp³-hybridized carbons (Fsp3) is 0.364. The van der Waals surface area contributed by atoms with E-state index in [4.69, 9.17) is 4.74 Å². The van der Waals surface area contributed by atoms with Crippen LogP contribution in [0.15, 0.2) is 31.7 Å². The Kier molecular flexibility index (Phi) is 4.14. The van der Waals surface area contributed by atoms with Crippen LogP contribution >= 0.6 is 38.6 Å². The number of sulfonamides is 1. The summed E-state index contributed by atoms with van der Waals surface area (Å²) in [4.78, 5) is 4.05. The number of rotatable bonds is 4. The lowest BCUT2D eigenvalue weighted by Gasteiger charge is -2.15. The van der Waals surface area contributed by atoms with Crippen LogP contribution in [0.1, 0.15) is 6.42 Å². The highest BCUT2D eigenvalue weighted by Gasteiger charge is 2.34. The summed E-state index contributed by atoms with van der Waals surface area (Å²) in [6, 6.07) is 3.37. The summed E-state index contributed by atoms with van der Waals surface area (Å²) in [5.41, 5.74) is 0. The second kappa shape index (κ2) is 5.72. The van der Waals surface area contributed by atoms with Crippen molar-refractivity contribution in [3.63, 3.8) is 0 Å². The third kappa shape index (κ3) is 2.91. The molecule has 1 fully saturated rings. The number of nitrogens with zero attached hydrogens (tertiary/aromatic N) is 2. The highest BCUT2D eigenvalue weighted by atomic mass is 79.9. The normalized spacial score (nSPS) is 20.4. The van der Waals surface area contributed by atoms with Gasteiger partial charge in [-0.1, -0.05) is 11.3 Å². The molecule has 108 valence electrons. The molecule has 5 nitrogen and oxygen atoms in total. The monoisotopic (exact) mass is 394 g/mol. The van der Waals surface area contributed by atoms with Gasteiger partial charge in [-0.3, -0.25) is 0 Å². The molecule has 20 heavy (non-hydrogen) atoms. The van der Waals surface area contributed by atoms with Gasteiger partial charge < -0.3 is 4.74 Å². The Morgan fingerprint density at radius 2 is 2.30 bits per heavy atom. The smallest absolute Gasteiger partial charge is 0.273 e. The third-order valence-electron chi connectivity index (χ3n) is 2.93. The second-order valence-electron chi connectivity index (χ2n) is 4.25. The first kappa shape index (κ1) is 14.5. The van der Waals surface area contributed by atoms with Crippen molar-refractivity contribution in [1.29, 1.82) is 0 Å². The molecule has 3 rings (SSSR count). The van der Waals surface area contributed by atoms with Gasteiger partial charge in [0, 0.05) is 18.1 Å². The van der Waals surface area contributed by atoms with E-state index in [1.165, 1.54) is 27.0 Å². The van der Waals surface area contributed by atoms with Crippen LogP contribution in [0.5, 0.6) is 5.19 Å². The van der Waals surface area contributed by atoms with Crippen molar-refractivity contribution in [3.05, 3.63) is 27.5 Å². The molecule has 2 aromatic rings. The van der Waals surface area contributed by atoms with Gasteiger partial charge in [0.1, 0.15) is 10.3 Å². The lowest BCUT2D eigenvalue weighted by atomic mass is 10.3. The van der Waals surface area contributed by atoms with E-state index in [-0.39, 0.29) is 6.10 Å². The molecule has 1 unspecified atom stereocenters. The van der Waals surface area contributed by atoms with Gasteiger partial charge in [-0.05, 0) is 34.5 Å². The number of hydrogen-bond donors (Lipinski definition) is 0. The molecule has 2 aromatic heterocycles. The van der Waals surface area contributed by atoms with Crippen LogP contribution in [0.25, 0.3) is 0 Å². The molecule has 9 heteroatoms. The number of thiazole rings is 1. The van der Waals surface area contributed by atoms with E-state index in [1.807, 2.05) is 5.38 Å². The van der Waals surface area contributed by atoms with Crippen LogP contribution in [-0.2, 0) is 10.0 Å². The van der Waals surface area contributed by atoms with E-state index in [2.05, 4.69) is 20.9 Å². The fourth-order valence-corrected chi connectivity index (χ4v) is 6.19. The summed E-state index contributed by atoms with van der Waals surface area (Å²) >= 11 is 5.93. The van der Waals surface area contributed by atoms with Crippen molar-refractivity contribution in [1.82, 2.24) is 9.29 Å². The number of halogens is 1. The Morgan fingerprint density at radius 1 is 1.45 bits per heavy atom. The summed E-state index contributed by atoms with van der Waals surface area (Å²) in [6.07, 6.45) is 2.23. The molecule has 1 aliphatic rings. The molecule has 3 heterocycles. The van der Waals surface area contributed by atoms with Gasteiger partial charge in [-0.2, -0.15) is 4.31 Å². The van der Waals surface area contributed by atoms with Crippen molar-refractivity contribution >= 4 is 48.6 Å². The molecule has 0 saturated carbocycles. The van der Waals surface area contributed by atoms with Crippen LogP contribution in [0, 0.1) is 0 Å². The first-order chi connectivity index (χ1) is 9.55. The zero-order valence-corrected chi connectivity index (χ0v) is 14.3. The molecule has 0 aliphatic carbocycles. The summed E-state index contributed by atoms with van der Waals surface area (Å²) in [5.74, 6) is 0. The molecular formula is C11H11BrN2O3S3. The molecular weight excluding hydrogens is 384 g/mol. The van der Waals surface area contributed by atoms with Crippen molar-refractivity contribution in [2.75, 3.05) is 13.1 Å². The molecule has 0 N–H and O–H groups in total. The summed E-state index contributed by atoms with van der Waals surface area (Å²) in [6.45, 7) is 0.853. The summed E-state index contributed by atoms with van der Waals surface area (Å²) < 4.78 is 33.2. The van der Waals surface area contributed by atoms with Gasteiger partial charge in [0.2, 0.25) is 0 Å². The zero-order chi connectivity index (χ0) is 14.2. The van der Waals surface area contributed by atoms with Crippen molar-refractivity contribution in [2.45, 2.75) is 16.7 Å². The molecule has 0 radical (unpaired) electrons. The third-order valence-corrected chi connectivity index (χ3v) is 7.54. The highest BCUT2D eigenvalue weighted by molar-refractivity contribution is 9.11. The number of ether oxygens (including phenoxy) is 1. The molecule has 0 aromatic carbocycles. The van der Waals surface area contributed by atoms with Crippen LogP contribution < -0.4 is 4.74 Å². The van der Waals surface area contributed by atoms with Crippen molar-refractivity contribution in [3.8, 4) is 5.19 Å². The Balaban J connectivity index is 1.70. The first-order valence-corrected chi connectivity index (χ1v) is 9.80. The van der Waals surface area contributed by atoms with Gasteiger partial charge in [0.05, 0.1) is 10.3 Å². The van der Waals surface area contributed by atoms with E-state index in [0.29, 0.717) is 28.9 Å². The fourth-order valence-electron chi connectivity index (χ4n) is 1.99. The van der Waals surface area contributed by atoms with Crippen LogP contribution in [0.4, 0.5) is 0 Å². The lowest BCUT2D eigenvalue weighted by molar-refractivity contribution is 0.214. The van der Waals surface area contributed by atoms with Gasteiger partial charge in [-0.15, -0.1) is 11.3 Å². The molecule has 0 amide bonds. The first-order valence-electron chi connectivity index (χ1n) is 5.87. The molecule has 1 aliphatic heterocycles. The minimum absolute atomic E-state index is 0.126. The van der Waals surface area contributed by atoms with Gasteiger partial charge in [-0.25, -0.2) is 13.4 Å². The maximum atomic E-state index is 12.4. The Hall–Kier alpha value is -0.480. The van der Waals surface area contributed by atoms with Crippen LogP contribution in [0.3, 0.4) is 0 Å². The number of hydrogen-bond acceptors (Lipinski definition) is 6. The number of aromatic nitrogens is 1. The average molecular weight is 395 g/mol. The van der Waals surface area contributed by atoms with Crippen LogP contribution in [-0.4, -0.2) is 36.9 Å². The second-order valence-corrected chi connectivity index (χ2v) is 9.73. The minimum atomic E-state index is -3.40. The zero-order valence-electron chi connectivity index (χ0n) is 10.2. The topological polar surface area (TPSA) is 59.5 Å². The summed E-state index contributed by atoms with van der Waals surface area (Å²) in [5, 5.41) is 2.43. The van der Waals surface area contributed by atoms with E-state index in [1.54, 1.807) is 18.3 Å². The lowest BCUT2D eigenvalue weighted by Crippen LogP contribution is -2.30. The van der Waals surface area contributed by atoms with Gasteiger partial charge in [0.15, 0.2) is 0 Å². The number of thiophene rings is 1.